The van der Waals surface area contributed by atoms with Gasteiger partial charge in [0.05, 0.1) is 5.60 Å². The number of hydrogen-bond donors (Lipinski definition) is 1. The first-order chi connectivity index (χ1) is 16.3. The molecule has 5 heteroatoms. The fourth-order valence-electron chi connectivity index (χ4n) is 4.00. The van der Waals surface area contributed by atoms with E-state index in [0.29, 0.717) is 10.6 Å². The minimum Gasteiger partial charge on any atom is -0.390 e. The maximum atomic E-state index is 14.5. The van der Waals surface area contributed by atoms with Gasteiger partial charge in [-0.25, -0.2) is 9.37 Å². The molecule has 174 valence electrons. The first-order valence-corrected chi connectivity index (χ1v) is 11.8. The standard InChI is InChI=1S/C29H28ClFN2O/c1-21(20-33-15-13-29(2,34)14-16-33)17-23-5-3-22(4-6-23)7-12-28-27(31)18-25(19-32-28)24-8-10-26(30)11-9-24/h3-6,8-11,17-19,34H,13-16,20H2,1-2H3. The van der Waals surface area contributed by atoms with E-state index >= 15 is 0 Å². The van der Waals surface area contributed by atoms with Crippen molar-refractivity contribution in [2.24, 2.45) is 0 Å². The molecule has 3 nitrogen and oxygen atoms in total. The first kappa shape index (κ1) is 24.2. The van der Waals surface area contributed by atoms with Gasteiger partial charge in [-0.3, -0.25) is 4.90 Å². The number of piperidine rings is 1. The third-order valence-electron chi connectivity index (χ3n) is 6.07. The molecule has 0 radical (unpaired) electrons. The van der Waals surface area contributed by atoms with Gasteiger partial charge < -0.3 is 5.11 Å². The summed E-state index contributed by atoms with van der Waals surface area (Å²) in [6, 6.07) is 16.5. The summed E-state index contributed by atoms with van der Waals surface area (Å²) in [6.45, 7) is 6.77. The molecule has 0 aliphatic carbocycles. The molecule has 34 heavy (non-hydrogen) atoms. The lowest BCUT2D eigenvalue weighted by atomic mass is 9.93. The Morgan fingerprint density at radius 2 is 1.76 bits per heavy atom. The number of pyridine rings is 1. The molecule has 1 aliphatic heterocycles. The second-order valence-electron chi connectivity index (χ2n) is 9.20. The number of likely N-dealkylation sites (tertiary alicyclic amines) is 1. The maximum Gasteiger partial charge on any atom is 0.158 e. The average molecular weight is 475 g/mol. The van der Waals surface area contributed by atoms with Gasteiger partial charge in [-0.1, -0.05) is 53.4 Å². The Hall–Kier alpha value is -2.97. The van der Waals surface area contributed by atoms with Gasteiger partial charge in [0.1, 0.15) is 5.69 Å². The van der Waals surface area contributed by atoms with E-state index in [9.17, 15) is 9.50 Å². The molecule has 2 aromatic carbocycles. The Labute approximate surface area is 205 Å². The molecular formula is C29H28ClFN2O. The van der Waals surface area contributed by atoms with Gasteiger partial charge in [0.25, 0.3) is 0 Å². The van der Waals surface area contributed by atoms with Gasteiger partial charge >= 0.3 is 0 Å². The second-order valence-corrected chi connectivity index (χ2v) is 9.63. The molecule has 0 unspecified atom stereocenters. The smallest absolute Gasteiger partial charge is 0.158 e. The van der Waals surface area contributed by atoms with Crippen molar-refractivity contribution in [2.75, 3.05) is 19.6 Å². The van der Waals surface area contributed by atoms with Crippen molar-refractivity contribution in [1.82, 2.24) is 9.88 Å². The van der Waals surface area contributed by atoms with Crippen LogP contribution < -0.4 is 0 Å². The summed E-state index contributed by atoms with van der Waals surface area (Å²) in [5.74, 6) is 5.39. The van der Waals surface area contributed by atoms with E-state index in [2.05, 4.69) is 34.7 Å². The quantitative estimate of drug-likeness (QED) is 0.458. The molecular weight excluding hydrogens is 447 g/mol. The topological polar surface area (TPSA) is 36.4 Å². The van der Waals surface area contributed by atoms with Crippen molar-refractivity contribution >= 4 is 17.7 Å². The van der Waals surface area contributed by atoms with E-state index in [0.717, 1.165) is 49.2 Å². The predicted octanol–water partition coefficient (Wildman–Crippen LogP) is 6.19. The Morgan fingerprint density at radius 1 is 1.09 bits per heavy atom. The van der Waals surface area contributed by atoms with Crippen LogP contribution in [-0.4, -0.2) is 40.2 Å². The van der Waals surface area contributed by atoms with Crippen molar-refractivity contribution in [2.45, 2.75) is 32.3 Å². The summed E-state index contributed by atoms with van der Waals surface area (Å²) in [5, 5.41) is 10.7. The predicted molar refractivity (Wildman–Crippen MR) is 137 cm³/mol. The van der Waals surface area contributed by atoms with Gasteiger partial charge in [-0.2, -0.15) is 0 Å². The number of hydrogen-bond acceptors (Lipinski definition) is 3. The molecule has 0 atom stereocenters. The summed E-state index contributed by atoms with van der Waals surface area (Å²) in [6.07, 6.45) is 5.41. The lowest BCUT2D eigenvalue weighted by Crippen LogP contribution is -2.42. The van der Waals surface area contributed by atoms with Crippen LogP contribution in [0.1, 0.15) is 43.5 Å². The van der Waals surface area contributed by atoms with Crippen LogP contribution in [0.3, 0.4) is 0 Å². The summed E-state index contributed by atoms with van der Waals surface area (Å²) < 4.78 is 14.5. The molecule has 3 aromatic rings. The fourth-order valence-corrected chi connectivity index (χ4v) is 4.13. The number of rotatable bonds is 4. The third kappa shape index (κ3) is 6.55. The molecule has 2 heterocycles. The highest BCUT2D eigenvalue weighted by Crippen LogP contribution is 2.23. The average Bonchev–Trinajstić information content (AvgIpc) is 2.81. The van der Waals surface area contributed by atoms with Gasteiger partial charge in [0.2, 0.25) is 0 Å². The molecule has 4 rings (SSSR count). The minimum atomic E-state index is -0.526. The van der Waals surface area contributed by atoms with E-state index in [-0.39, 0.29) is 5.69 Å². The molecule has 1 aliphatic rings. The second kappa shape index (κ2) is 10.5. The van der Waals surface area contributed by atoms with Crippen LogP contribution in [0.4, 0.5) is 4.39 Å². The van der Waals surface area contributed by atoms with Crippen molar-refractivity contribution in [3.05, 3.63) is 94.0 Å². The molecule has 0 saturated carbocycles. The Morgan fingerprint density at radius 3 is 2.41 bits per heavy atom. The van der Waals surface area contributed by atoms with Gasteiger partial charge in [0.15, 0.2) is 5.82 Å². The minimum absolute atomic E-state index is 0.123. The van der Waals surface area contributed by atoms with Crippen LogP contribution in [0.15, 0.2) is 66.4 Å². The zero-order valence-corrected chi connectivity index (χ0v) is 20.2. The summed E-state index contributed by atoms with van der Waals surface area (Å²) in [5.41, 5.74) is 4.30. The van der Waals surface area contributed by atoms with Gasteiger partial charge in [-0.05, 0) is 74.1 Å². The van der Waals surface area contributed by atoms with Crippen molar-refractivity contribution in [3.8, 4) is 23.0 Å². The van der Waals surface area contributed by atoms with E-state index in [1.54, 1.807) is 18.3 Å². The molecule has 0 bridgehead atoms. The van der Waals surface area contributed by atoms with Crippen LogP contribution in [0.2, 0.25) is 5.02 Å². The molecule has 0 amide bonds. The van der Waals surface area contributed by atoms with Crippen LogP contribution in [0.25, 0.3) is 17.2 Å². The lowest BCUT2D eigenvalue weighted by molar-refractivity contribution is -0.00297. The van der Waals surface area contributed by atoms with E-state index in [4.69, 9.17) is 11.6 Å². The highest BCUT2D eigenvalue weighted by molar-refractivity contribution is 6.30. The number of aromatic nitrogens is 1. The molecule has 1 aromatic heterocycles. The first-order valence-electron chi connectivity index (χ1n) is 11.4. The molecule has 1 fully saturated rings. The summed E-state index contributed by atoms with van der Waals surface area (Å²) >= 11 is 5.92. The van der Waals surface area contributed by atoms with E-state index in [1.807, 2.05) is 43.3 Å². The highest BCUT2D eigenvalue weighted by atomic mass is 35.5. The Balaban J connectivity index is 1.39. The lowest BCUT2D eigenvalue weighted by Gasteiger charge is -2.35. The fraction of sp³-hybridized carbons (Fsp3) is 0.276. The van der Waals surface area contributed by atoms with Crippen molar-refractivity contribution in [3.63, 3.8) is 0 Å². The number of nitrogens with zero attached hydrogens (tertiary/aromatic N) is 2. The number of aliphatic hydroxyl groups is 1. The van der Waals surface area contributed by atoms with Crippen molar-refractivity contribution < 1.29 is 9.50 Å². The van der Waals surface area contributed by atoms with Crippen LogP contribution in [0, 0.1) is 17.7 Å². The largest absolute Gasteiger partial charge is 0.390 e. The third-order valence-corrected chi connectivity index (χ3v) is 6.33. The normalized spacial score (nSPS) is 16.1. The SMILES string of the molecule is CC(=Cc1ccc(C#Cc2ncc(-c3ccc(Cl)cc3)cc2F)cc1)CN1CCC(C)(O)CC1. The summed E-state index contributed by atoms with van der Waals surface area (Å²) in [7, 11) is 0. The maximum absolute atomic E-state index is 14.5. The Kier molecular flexibility index (Phi) is 7.48. The summed E-state index contributed by atoms with van der Waals surface area (Å²) in [4.78, 5) is 6.58. The zero-order valence-electron chi connectivity index (χ0n) is 19.5. The molecule has 1 N–H and O–H groups in total. The zero-order chi connectivity index (χ0) is 24.1. The van der Waals surface area contributed by atoms with Crippen LogP contribution in [0.5, 0.6) is 0 Å². The van der Waals surface area contributed by atoms with Crippen molar-refractivity contribution in [1.29, 1.82) is 0 Å². The number of halogens is 2. The van der Waals surface area contributed by atoms with Gasteiger partial charge in [-0.15, -0.1) is 0 Å². The molecule has 1 saturated heterocycles. The van der Waals surface area contributed by atoms with Crippen LogP contribution >= 0.6 is 11.6 Å². The Bertz CT molecular complexity index is 1230. The highest BCUT2D eigenvalue weighted by Gasteiger charge is 2.26. The van der Waals surface area contributed by atoms with E-state index < -0.39 is 11.4 Å². The van der Waals surface area contributed by atoms with Crippen LogP contribution in [-0.2, 0) is 0 Å². The van der Waals surface area contributed by atoms with E-state index in [1.165, 1.54) is 11.6 Å². The monoisotopic (exact) mass is 474 g/mol. The molecule has 0 spiro atoms. The number of benzene rings is 2. The van der Waals surface area contributed by atoms with Gasteiger partial charge in [0, 0.05) is 42.0 Å².